The summed E-state index contributed by atoms with van der Waals surface area (Å²) >= 11 is 0. The van der Waals surface area contributed by atoms with Gasteiger partial charge in [-0.3, -0.25) is 4.98 Å². The molecule has 3 atom stereocenters. The molecular weight excluding hydrogens is 262 g/mol. The average molecular weight is 289 g/mol. The molecule has 2 bridgehead atoms. The van der Waals surface area contributed by atoms with Crippen LogP contribution < -0.4 is 4.74 Å². The van der Waals surface area contributed by atoms with E-state index in [9.17, 15) is 5.11 Å². The molecule has 2 fully saturated rings. The Kier molecular flexibility index (Phi) is 3.32. The van der Waals surface area contributed by atoms with Gasteiger partial charge in [-0.25, -0.2) is 0 Å². The van der Waals surface area contributed by atoms with E-state index in [1.54, 1.807) is 6.20 Å². The number of hydrogen-bond donors (Lipinski definition) is 1. The van der Waals surface area contributed by atoms with E-state index in [4.69, 9.17) is 4.74 Å². The van der Waals surface area contributed by atoms with Gasteiger partial charge >= 0.3 is 0 Å². The first-order valence-corrected chi connectivity index (χ1v) is 8.16. The first-order chi connectivity index (χ1) is 9.85. The van der Waals surface area contributed by atoms with Gasteiger partial charge in [-0.05, 0) is 37.7 Å². The molecule has 116 valence electrons. The second-order valence-electron chi connectivity index (χ2n) is 7.69. The fourth-order valence-corrected chi connectivity index (χ4v) is 4.89. The minimum atomic E-state index is -0.818. The molecule has 0 radical (unpaired) electrons. The summed E-state index contributed by atoms with van der Waals surface area (Å²) in [5.74, 6) is 1.36. The highest BCUT2D eigenvalue weighted by molar-refractivity contribution is 5.35. The van der Waals surface area contributed by atoms with E-state index >= 15 is 0 Å². The topological polar surface area (TPSA) is 42.4 Å². The molecule has 3 unspecified atom stereocenters. The quantitative estimate of drug-likeness (QED) is 0.914. The molecule has 21 heavy (non-hydrogen) atoms. The van der Waals surface area contributed by atoms with Gasteiger partial charge in [0.1, 0.15) is 11.4 Å². The molecule has 0 aromatic carbocycles. The molecule has 1 heterocycles. The number of hydrogen-bond acceptors (Lipinski definition) is 3. The number of pyridine rings is 1. The smallest absolute Gasteiger partial charge is 0.137 e. The lowest BCUT2D eigenvalue weighted by Gasteiger charge is -2.50. The van der Waals surface area contributed by atoms with Crippen molar-refractivity contribution < 1.29 is 9.84 Å². The minimum Gasteiger partial charge on any atom is -0.492 e. The highest BCUT2D eigenvalue weighted by Gasteiger charge is 2.69. The Morgan fingerprint density at radius 1 is 1.33 bits per heavy atom. The van der Waals surface area contributed by atoms with Crippen LogP contribution in [0.5, 0.6) is 5.75 Å². The predicted octanol–water partition coefficient (Wildman–Crippen LogP) is 3.90. The average Bonchev–Trinajstić information content (AvgIpc) is 2.93. The van der Waals surface area contributed by atoms with Crippen LogP contribution in [0.4, 0.5) is 0 Å². The Balaban J connectivity index is 2.02. The lowest BCUT2D eigenvalue weighted by Crippen LogP contribution is -2.51. The van der Waals surface area contributed by atoms with Gasteiger partial charge in [-0.15, -0.1) is 0 Å². The highest BCUT2D eigenvalue weighted by atomic mass is 16.5. The molecule has 3 nitrogen and oxygen atoms in total. The van der Waals surface area contributed by atoms with E-state index < -0.39 is 5.60 Å². The largest absolute Gasteiger partial charge is 0.492 e. The van der Waals surface area contributed by atoms with Crippen molar-refractivity contribution in [2.45, 2.75) is 59.0 Å². The normalized spacial score (nSPS) is 36.9. The molecule has 0 aliphatic heterocycles. The first kappa shape index (κ1) is 14.8. The van der Waals surface area contributed by atoms with Crippen LogP contribution >= 0.6 is 0 Å². The van der Waals surface area contributed by atoms with Crippen LogP contribution in [0.1, 0.15) is 58.9 Å². The molecule has 1 aromatic heterocycles. The van der Waals surface area contributed by atoms with Gasteiger partial charge < -0.3 is 9.84 Å². The van der Waals surface area contributed by atoms with Crippen molar-refractivity contribution in [3.63, 3.8) is 0 Å². The monoisotopic (exact) mass is 289 g/mol. The number of aliphatic hydroxyl groups is 1. The van der Waals surface area contributed by atoms with E-state index in [0.717, 1.165) is 30.6 Å². The van der Waals surface area contributed by atoms with Crippen LogP contribution in [0.3, 0.4) is 0 Å². The molecule has 1 N–H and O–H groups in total. The number of ether oxygens (including phenoxy) is 1. The lowest BCUT2D eigenvalue weighted by molar-refractivity contribution is -0.151. The summed E-state index contributed by atoms with van der Waals surface area (Å²) in [6.07, 6.45) is 7.97. The summed E-state index contributed by atoms with van der Waals surface area (Å²) in [7, 11) is 0. The zero-order valence-electron chi connectivity index (χ0n) is 13.6. The number of rotatable bonds is 4. The summed E-state index contributed by atoms with van der Waals surface area (Å²) < 4.78 is 5.71. The molecule has 2 aliphatic rings. The van der Waals surface area contributed by atoms with Crippen molar-refractivity contribution >= 4 is 0 Å². The third-order valence-corrected chi connectivity index (χ3v) is 6.17. The maximum Gasteiger partial charge on any atom is 0.137 e. The third kappa shape index (κ3) is 1.86. The maximum atomic E-state index is 11.7. The Bertz CT molecular complexity index is 535. The maximum absolute atomic E-state index is 11.7. The van der Waals surface area contributed by atoms with Crippen molar-refractivity contribution in [3.05, 3.63) is 24.0 Å². The van der Waals surface area contributed by atoms with Crippen LogP contribution in [0, 0.1) is 16.7 Å². The van der Waals surface area contributed by atoms with Crippen LogP contribution in [0.2, 0.25) is 0 Å². The van der Waals surface area contributed by atoms with Gasteiger partial charge in [0.25, 0.3) is 0 Å². The standard InChI is InChI=1S/C18H27NO2/c1-5-8-21-15-9-14(11-19-12-15)18(20)16(2,3)13-6-7-17(18,4)10-13/h9,11-13,20H,5-8,10H2,1-4H3. The van der Waals surface area contributed by atoms with Gasteiger partial charge in [0.15, 0.2) is 0 Å². The summed E-state index contributed by atoms with van der Waals surface area (Å²) in [5, 5.41) is 11.7. The Labute approximate surface area is 127 Å². The molecule has 1 aromatic rings. The summed E-state index contributed by atoms with van der Waals surface area (Å²) in [4.78, 5) is 4.32. The molecule has 3 rings (SSSR count). The zero-order valence-corrected chi connectivity index (χ0v) is 13.6. The van der Waals surface area contributed by atoms with Gasteiger partial charge in [0.05, 0.1) is 12.8 Å². The molecule has 2 saturated carbocycles. The predicted molar refractivity (Wildman–Crippen MR) is 83.1 cm³/mol. The fourth-order valence-electron chi connectivity index (χ4n) is 4.89. The third-order valence-electron chi connectivity index (χ3n) is 6.17. The van der Waals surface area contributed by atoms with Gasteiger partial charge in [0.2, 0.25) is 0 Å². The van der Waals surface area contributed by atoms with Crippen molar-refractivity contribution in [1.29, 1.82) is 0 Å². The van der Waals surface area contributed by atoms with Gasteiger partial charge in [0, 0.05) is 22.6 Å². The van der Waals surface area contributed by atoms with Crippen molar-refractivity contribution in [2.24, 2.45) is 16.7 Å². The Morgan fingerprint density at radius 2 is 2.10 bits per heavy atom. The molecule has 3 heteroatoms. The van der Waals surface area contributed by atoms with Crippen molar-refractivity contribution in [2.75, 3.05) is 6.61 Å². The number of nitrogens with zero attached hydrogens (tertiary/aromatic N) is 1. The van der Waals surface area contributed by atoms with E-state index in [0.29, 0.717) is 12.5 Å². The molecular formula is C18H27NO2. The SMILES string of the molecule is CCCOc1cncc(C2(O)C3(C)CCC(C3)C2(C)C)c1. The summed E-state index contributed by atoms with van der Waals surface area (Å²) in [6.45, 7) is 9.43. The lowest BCUT2D eigenvalue weighted by atomic mass is 9.58. The van der Waals surface area contributed by atoms with Gasteiger partial charge in [-0.1, -0.05) is 27.7 Å². The van der Waals surface area contributed by atoms with E-state index in [2.05, 4.69) is 32.7 Å². The van der Waals surface area contributed by atoms with Gasteiger partial charge in [-0.2, -0.15) is 0 Å². The Hall–Kier alpha value is -1.09. The van der Waals surface area contributed by atoms with Crippen LogP contribution in [-0.4, -0.2) is 16.7 Å². The zero-order chi connectivity index (χ0) is 15.3. The second-order valence-corrected chi connectivity index (χ2v) is 7.69. The fraction of sp³-hybridized carbons (Fsp3) is 0.722. The van der Waals surface area contributed by atoms with Crippen molar-refractivity contribution in [3.8, 4) is 5.75 Å². The molecule has 0 amide bonds. The van der Waals surface area contributed by atoms with Crippen LogP contribution in [-0.2, 0) is 5.60 Å². The van der Waals surface area contributed by atoms with E-state index in [1.165, 1.54) is 6.42 Å². The highest BCUT2D eigenvalue weighted by Crippen LogP contribution is 2.71. The summed E-state index contributed by atoms with van der Waals surface area (Å²) in [6, 6.07) is 2.00. The van der Waals surface area contributed by atoms with Crippen LogP contribution in [0.25, 0.3) is 0 Å². The molecule has 0 saturated heterocycles. The Morgan fingerprint density at radius 3 is 2.71 bits per heavy atom. The van der Waals surface area contributed by atoms with Crippen LogP contribution in [0.15, 0.2) is 18.5 Å². The first-order valence-electron chi connectivity index (χ1n) is 8.16. The minimum absolute atomic E-state index is 0.0494. The van der Waals surface area contributed by atoms with E-state index in [1.807, 2.05) is 12.3 Å². The summed E-state index contributed by atoms with van der Waals surface area (Å²) in [5.41, 5.74) is -0.0653. The number of fused-ring (bicyclic) bond motifs is 2. The molecule has 2 aliphatic carbocycles. The van der Waals surface area contributed by atoms with E-state index in [-0.39, 0.29) is 10.8 Å². The van der Waals surface area contributed by atoms with Crippen molar-refractivity contribution in [1.82, 2.24) is 4.98 Å². The molecule has 0 spiro atoms. The number of aromatic nitrogens is 1. The second kappa shape index (κ2) is 4.70.